The van der Waals surface area contributed by atoms with Crippen LogP contribution in [0.5, 0.6) is 5.75 Å². The van der Waals surface area contributed by atoms with Gasteiger partial charge in [-0.25, -0.2) is 0 Å². The standard InChI is InChI=1S/C22H17ClO3/c1-15(21(24)17-7-11-19(23)12-8-17)26-20-13-9-18(10-14-20)22(25)16-5-3-2-4-6-16/h2-15H,1H3/t15-/m0/s1. The fourth-order valence-corrected chi connectivity index (χ4v) is 2.67. The minimum Gasteiger partial charge on any atom is -0.483 e. The van der Waals surface area contributed by atoms with Gasteiger partial charge >= 0.3 is 0 Å². The molecule has 0 aliphatic rings. The Morgan fingerprint density at radius 1 is 0.769 bits per heavy atom. The number of carbonyl (C=O) groups excluding carboxylic acids is 2. The Hall–Kier alpha value is -2.91. The summed E-state index contributed by atoms with van der Waals surface area (Å²) in [6, 6.07) is 22.6. The van der Waals surface area contributed by atoms with Gasteiger partial charge in [-0.3, -0.25) is 9.59 Å². The molecule has 26 heavy (non-hydrogen) atoms. The third kappa shape index (κ3) is 4.19. The first-order valence-corrected chi connectivity index (χ1v) is 8.58. The lowest BCUT2D eigenvalue weighted by atomic mass is 10.0. The van der Waals surface area contributed by atoms with Crippen molar-refractivity contribution in [3.05, 3.63) is 101 Å². The molecule has 0 aromatic heterocycles. The molecule has 0 unspecified atom stereocenters. The first-order chi connectivity index (χ1) is 12.5. The number of rotatable bonds is 6. The third-order valence-corrected chi connectivity index (χ3v) is 4.22. The van der Waals surface area contributed by atoms with Gasteiger partial charge in [0.2, 0.25) is 5.78 Å². The van der Waals surface area contributed by atoms with Gasteiger partial charge in [-0.1, -0.05) is 41.9 Å². The van der Waals surface area contributed by atoms with Crippen LogP contribution in [0.3, 0.4) is 0 Å². The van der Waals surface area contributed by atoms with E-state index in [9.17, 15) is 9.59 Å². The van der Waals surface area contributed by atoms with E-state index in [0.717, 1.165) is 0 Å². The molecule has 3 rings (SSSR count). The summed E-state index contributed by atoms with van der Waals surface area (Å²) in [6.07, 6.45) is -0.646. The van der Waals surface area contributed by atoms with Gasteiger partial charge < -0.3 is 4.74 Å². The summed E-state index contributed by atoms with van der Waals surface area (Å²) in [4.78, 5) is 24.8. The van der Waals surface area contributed by atoms with E-state index in [-0.39, 0.29) is 11.6 Å². The predicted molar refractivity (Wildman–Crippen MR) is 102 cm³/mol. The molecule has 0 heterocycles. The highest BCUT2D eigenvalue weighted by atomic mass is 35.5. The minimum absolute atomic E-state index is 0.0533. The minimum atomic E-state index is -0.646. The number of ether oxygens (including phenoxy) is 1. The van der Waals surface area contributed by atoms with Crippen molar-refractivity contribution in [2.24, 2.45) is 0 Å². The molecule has 0 radical (unpaired) electrons. The van der Waals surface area contributed by atoms with E-state index < -0.39 is 6.10 Å². The van der Waals surface area contributed by atoms with Crippen molar-refractivity contribution >= 4 is 23.2 Å². The Balaban J connectivity index is 1.68. The van der Waals surface area contributed by atoms with Crippen LogP contribution in [0, 0.1) is 0 Å². The maximum Gasteiger partial charge on any atom is 0.202 e. The largest absolute Gasteiger partial charge is 0.483 e. The summed E-state index contributed by atoms with van der Waals surface area (Å²) in [6.45, 7) is 1.69. The summed E-state index contributed by atoms with van der Waals surface area (Å²) in [5.41, 5.74) is 1.74. The van der Waals surface area contributed by atoms with E-state index in [1.165, 1.54) is 0 Å². The van der Waals surface area contributed by atoms with E-state index in [0.29, 0.717) is 27.5 Å². The lowest BCUT2D eigenvalue weighted by molar-refractivity contribution is 0.0817. The van der Waals surface area contributed by atoms with Crippen molar-refractivity contribution in [2.45, 2.75) is 13.0 Å². The summed E-state index contributed by atoms with van der Waals surface area (Å²) in [5, 5.41) is 0.578. The van der Waals surface area contributed by atoms with Crippen LogP contribution < -0.4 is 4.74 Å². The topological polar surface area (TPSA) is 43.4 Å². The smallest absolute Gasteiger partial charge is 0.202 e. The second-order valence-corrected chi connectivity index (χ2v) is 6.29. The van der Waals surface area contributed by atoms with Crippen molar-refractivity contribution in [3.63, 3.8) is 0 Å². The van der Waals surface area contributed by atoms with Crippen molar-refractivity contribution < 1.29 is 14.3 Å². The fourth-order valence-electron chi connectivity index (χ4n) is 2.55. The molecule has 3 aromatic carbocycles. The molecular formula is C22H17ClO3. The molecule has 0 bridgehead atoms. The lowest BCUT2D eigenvalue weighted by Gasteiger charge is -2.14. The molecule has 1 atom stereocenters. The molecule has 4 heteroatoms. The van der Waals surface area contributed by atoms with Crippen LogP contribution in [0.4, 0.5) is 0 Å². The normalized spacial score (nSPS) is 11.6. The Morgan fingerprint density at radius 3 is 1.92 bits per heavy atom. The molecule has 0 spiro atoms. The number of Topliss-reactive ketones (excluding diaryl/α,β-unsaturated/α-hetero) is 1. The Labute approximate surface area is 157 Å². The number of hydrogen-bond donors (Lipinski definition) is 0. The fraction of sp³-hybridized carbons (Fsp3) is 0.0909. The summed E-state index contributed by atoms with van der Waals surface area (Å²) in [7, 11) is 0. The van der Waals surface area contributed by atoms with Crippen LogP contribution >= 0.6 is 11.6 Å². The maximum atomic E-state index is 12.4. The molecule has 0 fully saturated rings. The van der Waals surface area contributed by atoms with Gasteiger partial charge in [0.1, 0.15) is 5.75 Å². The lowest BCUT2D eigenvalue weighted by Crippen LogP contribution is -2.23. The molecule has 130 valence electrons. The van der Waals surface area contributed by atoms with Gasteiger partial charge in [0.25, 0.3) is 0 Å². The molecule has 0 amide bonds. The average molecular weight is 365 g/mol. The quantitative estimate of drug-likeness (QED) is 0.563. The van der Waals surface area contributed by atoms with Crippen molar-refractivity contribution in [1.29, 1.82) is 0 Å². The molecule has 3 nitrogen and oxygen atoms in total. The molecular weight excluding hydrogens is 348 g/mol. The van der Waals surface area contributed by atoms with Crippen LogP contribution in [0.25, 0.3) is 0 Å². The first-order valence-electron chi connectivity index (χ1n) is 8.21. The summed E-state index contributed by atoms with van der Waals surface area (Å²) in [5.74, 6) is 0.345. The van der Waals surface area contributed by atoms with Gasteiger partial charge in [0, 0.05) is 21.7 Å². The zero-order valence-corrected chi connectivity index (χ0v) is 14.9. The van der Waals surface area contributed by atoms with Crippen LogP contribution in [0.2, 0.25) is 5.02 Å². The maximum absolute atomic E-state index is 12.4. The number of halogens is 1. The first kappa shape index (κ1) is 17.9. The number of carbonyl (C=O) groups is 2. The highest BCUT2D eigenvalue weighted by Gasteiger charge is 2.17. The molecule has 0 N–H and O–H groups in total. The summed E-state index contributed by atoms with van der Waals surface area (Å²) < 4.78 is 5.71. The Kier molecular flexibility index (Phi) is 5.49. The molecule has 0 aliphatic heterocycles. The molecule has 3 aromatic rings. The van der Waals surface area contributed by atoms with Crippen molar-refractivity contribution in [1.82, 2.24) is 0 Å². The van der Waals surface area contributed by atoms with Crippen molar-refractivity contribution in [2.75, 3.05) is 0 Å². The van der Waals surface area contributed by atoms with E-state index >= 15 is 0 Å². The van der Waals surface area contributed by atoms with Crippen molar-refractivity contribution in [3.8, 4) is 5.75 Å². The van der Waals surface area contributed by atoms with Crippen LogP contribution in [-0.2, 0) is 0 Å². The van der Waals surface area contributed by atoms with Gasteiger partial charge in [-0.05, 0) is 55.5 Å². The number of hydrogen-bond acceptors (Lipinski definition) is 3. The van der Waals surface area contributed by atoms with E-state index in [1.807, 2.05) is 18.2 Å². The highest BCUT2D eigenvalue weighted by Crippen LogP contribution is 2.18. The van der Waals surface area contributed by atoms with E-state index in [1.54, 1.807) is 67.6 Å². The Bertz CT molecular complexity index is 900. The van der Waals surface area contributed by atoms with E-state index in [2.05, 4.69) is 0 Å². The second kappa shape index (κ2) is 7.98. The van der Waals surface area contributed by atoms with Crippen LogP contribution in [-0.4, -0.2) is 17.7 Å². The molecule has 0 aliphatic carbocycles. The number of ketones is 2. The number of benzene rings is 3. The highest BCUT2D eigenvalue weighted by molar-refractivity contribution is 6.30. The van der Waals surface area contributed by atoms with Gasteiger partial charge in [0.05, 0.1) is 0 Å². The Morgan fingerprint density at radius 2 is 1.31 bits per heavy atom. The predicted octanol–water partition coefficient (Wildman–Crippen LogP) is 5.22. The zero-order valence-electron chi connectivity index (χ0n) is 14.2. The zero-order chi connectivity index (χ0) is 18.5. The SMILES string of the molecule is C[C@H](Oc1ccc(C(=O)c2ccccc2)cc1)C(=O)c1ccc(Cl)cc1. The monoisotopic (exact) mass is 364 g/mol. The average Bonchev–Trinajstić information content (AvgIpc) is 2.68. The molecule has 0 saturated carbocycles. The third-order valence-electron chi connectivity index (χ3n) is 3.96. The van der Waals surface area contributed by atoms with Gasteiger partial charge in [0.15, 0.2) is 11.9 Å². The van der Waals surface area contributed by atoms with E-state index in [4.69, 9.17) is 16.3 Å². The van der Waals surface area contributed by atoms with Gasteiger partial charge in [-0.15, -0.1) is 0 Å². The molecule has 0 saturated heterocycles. The van der Waals surface area contributed by atoms with Crippen LogP contribution in [0.15, 0.2) is 78.9 Å². The summed E-state index contributed by atoms with van der Waals surface area (Å²) >= 11 is 5.84. The van der Waals surface area contributed by atoms with Crippen LogP contribution in [0.1, 0.15) is 33.2 Å². The van der Waals surface area contributed by atoms with Gasteiger partial charge in [-0.2, -0.15) is 0 Å². The second-order valence-electron chi connectivity index (χ2n) is 5.85.